The molecule has 0 spiro atoms. The summed E-state index contributed by atoms with van der Waals surface area (Å²) in [6.07, 6.45) is 3.60. The lowest BCUT2D eigenvalue weighted by Crippen LogP contribution is -2.46. The van der Waals surface area contributed by atoms with Gasteiger partial charge in [-0.25, -0.2) is 0 Å². The first kappa shape index (κ1) is 17.2. The van der Waals surface area contributed by atoms with Gasteiger partial charge in [-0.05, 0) is 50.6 Å². The van der Waals surface area contributed by atoms with Crippen molar-refractivity contribution in [1.29, 1.82) is 0 Å². The molecule has 130 valence electrons. The maximum Gasteiger partial charge on any atom is 0.129 e. The minimum atomic E-state index is -0.0230. The van der Waals surface area contributed by atoms with Gasteiger partial charge < -0.3 is 14.4 Å². The van der Waals surface area contributed by atoms with Crippen molar-refractivity contribution in [2.24, 2.45) is 0 Å². The van der Waals surface area contributed by atoms with Gasteiger partial charge >= 0.3 is 0 Å². The molecule has 1 aliphatic rings. The summed E-state index contributed by atoms with van der Waals surface area (Å²) in [6.45, 7) is 4.12. The highest BCUT2D eigenvalue weighted by atomic mass is 16.4. The molecule has 1 aromatic carbocycles. The molecule has 0 amide bonds. The predicted octanol–water partition coefficient (Wildman–Crippen LogP) is 2.91. The van der Waals surface area contributed by atoms with E-state index >= 15 is 0 Å². The van der Waals surface area contributed by atoms with Crippen LogP contribution in [0.25, 0.3) is 0 Å². The summed E-state index contributed by atoms with van der Waals surface area (Å²) in [7, 11) is 2.24. The predicted molar refractivity (Wildman–Crippen MR) is 95.7 cm³/mol. The van der Waals surface area contributed by atoms with Crippen molar-refractivity contribution in [3.63, 3.8) is 0 Å². The molecule has 2 heterocycles. The molecule has 1 N–H and O–H groups in total. The van der Waals surface area contributed by atoms with E-state index < -0.39 is 0 Å². The molecular weight excluding hydrogens is 300 g/mol. The van der Waals surface area contributed by atoms with E-state index in [0.29, 0.717) is 11.8 Å². The summed E-state index contributed by atoms with van der Waals surface area (Å²) in [5.74, 6) is 1.60. The Labute approximate surface area is 144 Å². The zero-order chi connectivity index (χ0) is 16.8. The maximum absolute atomic E-state index is 9.11. The van der Waals surface area contributed by atoms with Gasteiger partial charge in [-0.1, -0.05) is 30.3 Å². The van der Waals surface area contributed by atoms with E-state index in [1.807, 2.05) is 12.1 Å². The summed E-state index contributed by atoms with van der Waals surface area (Å²) in [4.78, 5) is 4.97. The second-order valence-corrected chi connectivity index (χ2v) is 6.77. The van der Waals surface area contributed by atoms with Gasteiger partial charge in [-0.3, -0.25) is 4.90 Å². The average Bonchev–Trinajstić information content (AvgIpc) is 3.08. The molecule has 0 unspecified atom stereocenters. The minimum Gasteiger partial charge on any atom is -0.462 e. The largest absolute Gasteiger partial charge is 0.462 e. The van der Waals surface area contributed by atoms with Gasteiger partial charge in [0.15, 0.2) is 0 Å². The molecule has 1 aromatic heterocycles. The highest BCUT2D eigenvalue weighted by Gasteiger charge is 2.23. The number of nitrogens with zero attached hydrogens (tertiary/aromatic N) is 2. The minimum absolute atomic E-state index is 0.0230. The smallest absolute Gasteiger partial charge is 0.129 e. The van der Waals surface area contributed by atoms with E-state index in [1.165, 1.54) is 18.4 Å². The number of likely N-dealkylation sites (tertiary alicyclic amines) is 1. The molecule has 0 radical (unpaired) electrons. The lowest BCUT2D eigenvalue weighted by Gasteiger charge is -2.37. The molecule has 4 heteroatoms. The summed E-state index contributed by atoms with van der Waals surface area (Å²) in [6, 6.07) is 15.2. The Kier molecular flexibility index (Phi) is 6.07. The zero-order valence-corrected chi connectivity index (χ0v) is 14.5. The van der Waals surface area contributed by atoms with Crippen LogP contribution >= 0.6 is 0 Å². The molecule has 4 nitrogen and oxygen atoms in total. The fourth-order valence-electron chi connectivity index (χ4n) is 3.48. The van der Waals surface area contributed by atoms with Crippen molar-refractivity contribution in [3.8, 4) is 0 Å². The molecule has 0 aliphatic carbocycles. The number of aliphatic hydroxyl groups excluding tert-OH is 1. The third-order valence-corrected chi connectivity index (χ3v) is 4.95. The van der Waals surface area contributed by atoms with Crippen molar-refractivity contribution in [3.05, 3.63) is 59.5 Å². The fraction of sp³-hybridized carbons (Fsp3) is 0.500. The van der Waals surface area contributed by atoms with E-state index in [2.05, 4.69) is 47.2 Å². The Morgan fingerprint density at radius 2 is 1.96 bits per heavy atom. The number of hydrogen-bond acceptors (Lipinski definition) is 4. The molecule has 1 saturated heterocycles. The first-order chi connectivity index (χ1) is 11.7. The zero-order valence-electron chi connectivity index (χ0n) is 14.5. The molecule has 0 saturated carbocycles. The van der Waals surface area contributed by atoms with Crippen LogP contribution in [0.2, 0.25) is 0 Å². The molecule has 1 fully saturated rings. The van der Waals surface area contributed by atoms with Gasteiger partial charge in [-0.2, -0.15) is 0 Å². The quantitative estimate of drug-likeness (QED) is 0.848. The van der Waals surface area contributed by atoms with Crippen molar-refractivity contribution in [2.45, 2.75) is 38.5 Å². The van der Waals surface area contributed by atoms with E-state index in [1.54, 1.807) is 0 Å². The highest BCUT2D eigenvalue weighted by molar-refractivity contribution is 5.15. The first-order valence-electron chi connectivity index (χ1n) is 8.89. The van der Waals surface area contributed by atoms with Gasteiger partial charge in [-0.15, -0.1) is 0 Å². The summed E-state index contributed by atoms with van der Waals surface area (Å²) in [5.41, 5.74) is 1.41. The Morgan fingerprint density at radius 3 is 2.71 bits per heavy atom. The van der Waals surface area contributed by atoms with Crippen LogP contribution in [0, 0.1) is 0 Å². The van der Waals surface area contributed by atoms with Crippen molar-refractivity contribution in [1.82, 2.24) is 9.80 Å². The Hall–Kier alpha value is -1.62. The van der Waals surface area contributed by atoms with Gasteiger partial charge in [0.05, 0.1) is 6.54 Å². The number of likely N-dealkylation sites (N-methyl/N-ethyl adjacent to an activating group) is 1. The van der Waals surface area contributed by atoms with E-state index in [4.69, 9.17) is 9.52 Å². The monoisotopic (exact) mass is 328 g/mol. The topological polar surface area (TPSA) is 39.9 Å². The van der Waals surface area contributed by atoms with Crippen LogP contribution in [-0.4, -0.2) is 47.6 Å². The molecular formula is C20H28N2O2. The molecule has 24 heavy (non-hydrogen) atoms. The van der Waals surface area contributed by atoms with Crippen molar-refractivity contribution >= 4 is 0 Å². The first-order valence-corrected chi connectivity index (χ1v) is 8.89. The van der Waals surface area contributed by atoms with Crippen LogP contribution < -0.4 is 0 Å². The lowest BCUT2D eigenvalue weighted by molar-refractivity contribution is 0.106. The van der Waals surface area contributed by atoms with Gasteiger partial charge in [0.25, 0.3) is 0 Å². The number of benzene rings is 1. The summed E-state index contributed by atoms with van der Waals surface area (Å²) >= 11 is 0. The number of piperidine rings is 1. The van der Waals surface area contributed by atoms with Crippen LogP contribution in [0.1, 0.15) is 29.9 Å². The normalized spacial score (nSPS) is 19.0. The van der Waals surface area contributed by atoms with Crippen LogP contribution in [0.15, 0.2) is 46.9 Å². The third-order valence-electron chi connectivity index (χ3n) is 4.95. The molecule has 2 aromatic rings. The van der Waals surface area contributed by atoms with E-state index in [-0.39, 0.29) is 6.61 Å². The molecule has 1 atom stereocenters. The summed E-state index contributed by atoms with van der Waals surface area (Å²) < 4.78 is 5.63. The van der Waals surface area contributed by atoms with E-state index in [9.17, 15) is 0 Å². The standard InChI is InChI=1S/C20H28N2O2/c1-21(13-11-17-6-3-2-4-7-17)18-8-5-12-22(14-18)15-19-9-10-20(16-23)24-19/h2-4,6-7,9-10,18,23H,5,8,11-16H2,1H3/t18-/m1/s1. The Morgan fingerprint density at radius 1 is 1.17 bits per heavy atom. The second-order valence-electron chi connectivity index (χ2n) is 6.77. The maximum atomic E-state index is 9.11. The van der Waals surface area contributed by atoms with Gasteiger partial charge in [0.1, 0.15) is 18.1 Å². The highest BCUT2D eigenvalue weighted by Crippen LogP contribution is 2.19. The Bertz CT molecular complexity index is 611. The van der Waals surface area contributed by atoms with E-state index in [0.717, 1.165) is 38.4 Å². The molecule has 0 bridgehead atoms. The van der Waals surface area contributed by atoms with Crippen LogP contribution in [0.4, 0.5) is 0 Å². The van der Waals surface area contributed by atoms with Crippen LogP contribution in [-0.2, 0) is 19.6 Å². The molecule has 1 aliphatic heterocycles. The fourth-order valence-corrected chi connectivity index (χ4v) is 3.48. The molecule has 3 rings (SSSR count). The van der Waals surface area contributed by atoms with Crippen molar-refractivity contribution in [2.75, 3.05) is 26.7 Å². The van der Waals surface area contributed by atoms with Gasteiger partial charge in [0, 0.05) is 19.1 Å². The van der Waals surface area contributed by atoms with Crippen LogP contribution in [0.5, 0.6) is 0 Å². The van der Waals surface area contributed by atoms with Crippen molar-refractivity contribution < 1.29 is 9.52 Å². The van der Waals surface area contributed by atoms with Gasteiger partial charge in [0.2, 0.25) is 0 Å². The third kappa shape index (κ3) is 4.69. The average molecular weight is 328 g/mol. The Balaban J connectivity index is 1.49. The number of aliphatic hydroxyl groups is 1. The number of rotatable bonds is 7. The lowest BCUT2D eigenvalue weighted by atomic mass is 10.0. The number of furan rings is 1. The SMILES string of the molecule is CN(CCc1ccccc1)[C@@H]1CCCN(Cc2ccc(CO)o2)C1. The second kappa shape index (κ2) is 8.47. The summed E-state index contributed by atoms with van der Waals surface area (Å²) in [5, 5.41) is 9.11. The van der Waals surface area contributed by atoms with Crippen LogP contribution in [0.3, 0.4) is 0 Å². The number of hydrogen-bond donors (Lipinski definition) is 1.